The number of rotatable bonds is 4. The van der Waals surface area contributed by atoms with Crippen molar-refractivity contribution < 1.29 is 19.1 Å². The minimum Gasteiger partial charge on any atom is -0.348 e. The first-order chi connectivity index (χ1) is 10.0. The molecule has 0 spiro atoms. The molecule has 1 aromatic carbocycles. The first kappa shape index (κ1) is 14.4. The Morgan fingerprint density at radius 2 is 2.43 bits per heavy atom. The molecule has 1 saturated heterocycles. The van der Waals surface area contributed by atoms with Gasteiger partial charge in [-0.25, -0.2) is 5.48 Å². The Labute approximate surface area is 126 Å². The van der Waals surface area contributed by atoms with Crippen LogP contribution in [0.2, 0.25) is 0 Å². The summed E-state index contributed by atoms with van der Waals surface area (Å²) in [5.74, 6) is -0.877. The molecule has 3 rings (SSSR count). The summed E-state index contributed by atoms with van der Waals surface area (Å²) in [4.78, 5) is 17.2. The standard InChI is InChI=1S/C14H16N2O4S/c1-14(2)18-7-11(20-14)8-19-16-13(17)9-3-4-10-6-15-21-12(10)5-9/h3-6,11H,7-8H2,1-2H3,(H,16,17)/t11-/m1/s1. The number of carbonyl (C=O) groups excluding carboxylic acids is 1. The minimum absolute atomic E-state index is 0.177. The number of hydrogen-bond donors (Lipinski definition) is 1. The van der Waals surface area contributed by atoms with Crippen molar-refractivity contribution in [3.05, 3.63) is 30.0 Å². The Balaban J connectivity index is 1.52. The quantitative estimate of drug-likeness (QED) is 0.876. The second-order valence-corrected chi connectivity index (χ2v) is 6.10. The summed E-state index contributed by atoms with van der Waals surface area (Å²) in [6.45, 7) is 4.39. The maximum Gasteiger partial charge on any atom is 0.274 e. The lowest BCUT2D eigenvalue weighted by molar-refractivity contribution is -0.147. The maximum atomic E-state index is 12.0. The number of nitrogens with zero attached hydrogens (tertiary/aromatic N) is 1. The van der Waals surface area contributed by atoms with Crippen LogP contribution in [0.1, 0.15) is 24.2 Å². The van der Waals surface area contributed by atoms with Crippen LogP contribution in [0.4, 0.5) is 0 Å². The van der Waals surface area contributed by atoms with E-state index in [4.69, 9.17) is 14.3 Å². The molecule has 1 N–H and O–H groups in total. The van der Waals surface area contributed by atoms with Crippen LogP contribution in [0.3, 0.4) is 0 Å². The summed E-state index contributed by atoms with van der Waals surface area (Å²) >= 11 is 1.36. The molecule has 7 heteroatoms. The van der Waals surface area contributed by atoms with E-state index in [1.165, 1.54) is 11.5 Å². The van der Waals surface area contributed by atoms with Crippen molar-refractivity contribution >= 4 is 27.5 Å². The number of aromatic nitrogens is 1. The fourth-order valence-electron chi connectivity index (χ4n) is 2.11. The van der Waals surface area contributed by atoms with Gasteiger partial charge >= 0.3 is 0 Å². The maximum absolute atomic E-state index is 12.0. The van der Waals surface area contributed by atoms with Crippen LogP contribution in [0.15, 0.2) is 24.4 Å². The first-order valence-corrected chi connectivity index (χ1v) is 7.39. The Hall–Kier alpha value is -1.54. The molecule has 0 radical (unpaired) electrons. The molecular weight excluding hydrogens is 292 g/mol. The molecule has 1 aliphatic heterocycles. The van der Waals surface area contributed by atoms with Gasteiger partial charge in [0, 0.05) is 17.1 Å². The van der Waals surface area contributed by atoms with Crippen LogP contribution < -0.4 is 5.48 Å². The lowest BCUT2D eigenvalue weighted by Gasteiger charge is -2.16. The van der Waals surface area contributed by atoms with Gasteiger partial charge in [-0.1, -0.05) is 6.07 Å². The zero-order chi connectivity index (χ0) is 14.9. The molecule has 1 amide bonds. The molecule has 1 fully saturated rings. The van der Waals surface area contributed by atoms with Gasteiger partial charge in [-0.3, -0.25) is 9.63 Å². The van der Waals surface area contributed by atoms with Crippen molar-refractivity contribution in [3.8, 4) is 0 Å². The monoisotopic (exact) mass is 308 g/mol. The van der Waals surface area contributed by atoms with E-state index in [2.05, 4.69) is 9.85 Å². The van der Waals surface area contributed by atoms with Gasteiger partial charge in [0.15, 0.2) is 5.79 Å². The van der Waals surface area contributed by atoms with Crippen molar-refractivity contribution in [1.82, 2.24) is 9.85 Å². The molecule has 0 bridgehead atoms. The Morgan fingerprint density at radius 1 is 1.57 bits per heavy atom. The lowest BCUT2D eigenvalue weighted by Crippen LogP contribution is -2.30. The van der Waals surface area contributed by atoms with Gasteiger partial charge in [0.1, 0.15) is 12.7 Å². The van der Waals surface area contributed by atoms with Gasteiger partial charge in [-0.15, -0.1) is 0 Å². The molecule has 21 heavy (non-hydrogen) atoms. The summed E-state index contributed by atoms with van der Waals surface area (Å²) in [6, 6.07) is 5.40. The normalized spacial score (nSPS) is 20.8. The van der Waals surface area contributed by atoms with E-state index in [9.17, 15) is 4.79 Å². The summed E-state index contributed by atoms with van der Waals surface area (Å²) in [7, 11) is 0. The number of ether oxygens (including phenoxy) is 2. The fourth-order valence-corrected chi connectivity index (χ4v) is 2.79. The van der Waals surface area contributed by atoms with Gasteiger partial charge in [-0.05, 0) is 37.5 Å². The number of benzene rings is 1. The van der Waals surface area contributed by atoms with Gasteiger partial charge < -0.3 is 9.47 Å². The SMILES string of the molecule is CC1(C)OC[C@H](CONC(=O)c2ccc3cnsc3c2)O1. The number of hydrogen-bond acceptors (Lipinski definition) is 6. The largest absolute Gasteiger partial charge is 0.348 e. The Kier molecular flexibility index (Phi) is 3.90. The Morgan fingerprint density at radius 3 is 3.19 bits per heavy atom. The average Bonchev–Trinajstić information content (AvgIpc) is 3.04. The van der Waals surface area contributed by atoms with Gasteiger partial charge in [0.25, 0.3) is 5.91 Å². The molecular formula is C14H16N2O4S. The molecule has 2 heterocycles. The highest BCUT2D eigenvalue weighted by Crippen LogP contribution is 2.22. The smallest absolute Gasteiger partial charge is 0.274 e. The zero-order valence-corrected chi connectivity index (χ0v) is 12.6. The number of fused-ring (bicyclic) bond motifs is 1. The second kappa shape index (κ2) is 5.69. The van der Waals surface area contributed by atoms with Crippen LogP contribution in [0.5, 0.6) is 0 Å². The van der Waals surface area contributed by atoms with Gasteiger partial charge in [0.2, 0.25) is 0 Å². The Bertz CT molecular complexity index is 655. The average molecular weight is 308 g/mol. The summed E-state index contributed by atoms with van der Waals surface area (Å²) in [6.07, 6.45) is 1.60. The number of amides is 1. The van der Waals surface area contributed by atoms with Crippen molar-refractivity contribution in [2.45, 2.75) is 25.7 Å². The van der Waals surface area contributed by atoms with E-state index in [1.807, 2.05) is 19.9 Å². The van der Waals surface area contributed by atoms with Crippen LogP contribution in [0, 0.1) is 0 Å². The third kappa shape index (κ3) is 3.38. The third-order valence-corrected chi connectivity index (χ3v) is 3.88. The van der Waals surface area contributed by atoms with Crippen LogP contribution >= 0.6 is 11.5 Å². The number of hydroxylamine groups is 1. The van der Waals surface area contributed by atoms with Crippen molar-refractivity contribution in [1.29, 1.82) is 0 Å². The van der Waals surface area contributed by atoms with E-state index in [1.54, 1.807) is 18.3 Å². The molecule has 1 aromatic heterocycles. The highest BCUT2D eigenvalue weighted by molar-refractivity contribution is 7.13. The number of carbonyl (C=O) groups is 1. The topological polar surface area (TPSA) is 69.7 Å². The van der Waals surface area contributed by atoms with Crippen LogP contribution in [-0.4, -0.2) is 35.4 Å². The third-order valence-electron chi connectivity index (χ3n) is 3.12. The van der Waals surface area contributed by atoms with E-state index in [-0.39, 0.29) is 18.6 Å². The van der Waals surface area contributed by atoms with Gasteiger partial charge in [-0.2, -0.15) is 4.37 Å². The predicted molar refractivity (Wildman–Crippen MR) is 77.9 cm³/mol. The van der Waals surface area contributed by atoms with Crippen molar-refractivity contribution in [2.24, 2.45) is 0 Å². The first-order valence-electron chi connectivity index (χ1n) is 6.62. The van der Waals surface area contributed by atoms with E-state index in [0.29, 0.717) is 12.2 Å². The highest BCUT2D eigenvalue weighted by atomic mass is 32.1. The van der Waals surface area contributed by atoms with E-state index in [0.717, 1.165) is 10.1 Å². The van der Waals surface area contributed by atoms with E-state index < -0.39 is 5.79 Å². The molecule has 1 atom stereocenters. The summed E-state index contributed by atoms with van der Waals surface area (Å²) < 4.78 is 16.0. The second-order valence-electron chi connectivity index (χ2n) is 5.27. The lowest BCUT2D eigenvalue weighted by atomic mass is 10.2. The van der Waals surface area contributed by atoms with Crippen LogP contribution in [0.25, 0.3) is 10.1 Å². The molecule has 0 saturated carbocycles. The summed E-state index contributed by atoms with van der Waals surface area (Å²) in [5.41, 5.74) is 2.96. The highest BCUT2D eigenvalue weighted by Gasteiger charge is 2.32. The minimum atomic E-state index is -0.588. The molecule has 2 aromatic rings. The molecule has 1 aliphatic rings. The number of nitrogens with one attached hydrogen (secondary N) is 1. The fraction of sp³-hybridized carbons (Fsp3) is 0.429. The van der Waals surface area contributed by atoms with E-state index >= 15 is 0 Å². The molecule has 112 valence electrons. The van der Waals surface area contributed by atoms with Gasteiger partial charge in [0.05, 0.1) is 11.3 Å². The van der Waals surface area contributed by atoms with Crippen molar-refractivity contribution in [2.75, 3.05) is 13.2 Å². The van der Waals surface area contributed by atoms with Crippen LogP contribution in [-0.2, 0) is 14.3 Å². The molecule has 0 aliphatic carbocycles. The zero-order valence-electron chi connectivity index (χ0n) is 11.8. The predicted octanol–water partition coefficient (Wildman–Crippen LogP) is 2.11. The molecule has 6 nitrogen and oxygen atoms in total. The van der Waals surface area contributed by atoms with Crippen molar-refractivity contribution in [3.63, 3.8) is 0 Å². The molecule has 0 unspecified atom stereocenters. The summed E-state index contributed by atoms with van der Waals surface area (Å²) in [5, 5.41) is 1.02.